The van der Waals surface area contributed by atoms with Gasteiger partial charge in [0.1, 0.15) is 0 Å². The fourth-order valence-electron chi connectivity index (χ4n) is 1.06. The first-order chi connectivity index (χ1) is 7.52. The van der Waals surface area contributed by atoms with E-state index in [1.54, 1.807) is 5.38 Å². The van der Waals surface area contributed by atoms with Gasteiger partial charge in [-0.15, -0.1) is 11.3 Å². The van der Waals surface area contributed by atoms with Crippen LogP contribution in [0.2, 0.25) is 0 Å². The molecule has 1 aromatic rings. The van der Waals surface area contributed by atoms with Crippen molar-refractivity contribution < 1.29 is 18.3 Å². The molecule has 0 N–H and O–H groups in total. The van der Waals surface area contributed by atoms with Crippen LogP contribution < -0.4 is 4.90 Å². The Balaban J connectivity index is 2.60. The summed E-state index contributed by atoms with van der Waals surface area (Å²) in [6, 6.07) is 0. The molecule has 0 amide bonds. The monoisotopic (exact) mass is 250 g/mol. The average molecular weight is 250 g/mol. The molecular formula is C9H12F2N2O2S. The van der Waals surface area contributed by atoms with E-state index in [0.717, 1.165) is 0 Å². The second-order valence-corrected chi connectivity index (χ2v) is 3.98. The molecule has 0 aliphatic heterocycles. The van der Waals surface area contributed by atoms with Crippen LogP contribution in [0, 0.1) is 0 Å². The van der Waals surface area contributed by atoms with Gasteiger partial charge in [-0.25, -0.2) is 13.8 Å². The number of rotatable bonds is 5. The summed E-state index contributed by atoms with van der Waals surface area (Å²) in [5, 5.41) is 2.13. The number of alkyl halides is 2. The Hall–Kier alpha value is -1.24. The minimum absolute atomic E-state index is 0.0650. The second-order valence-electron chi connectivity index (χ2n) is 3.15. The lowest BCUT2D eigenvalue weighted by Gasteiger charge is -2.14. The van der Waals surface area contributed by atoms with Gasteiger partial charge in [-0.05, 0) is 0 Å². The lowest BCUT2D eigenvalue weighted by atomic mass is 10.3. The molecule has 16 heavy (non-hydrogen) atoms. The Bertz CT molecular complexity index is 357. The molecule has 0 saturated carbocycles. The van der Waals surface area contributed by atoms with Crippen molar-refractivity contribution in [2.24, 2.45) is 0 Å². The van der Waals surface area contributed by atoms with Gasteiger partial charge in [0.2, 0.25) is 0 Å². The molecule has 0 radical (unpaired) electrons. The third kappa shape index (κ3) is 3.73. The summed E-state index contributed by atoms with van der Waals surface area (Å²) >= 11 is 1.23. The minimum atomic E-state index is -2.40. The maximum atomic E-state index is 12.1. The second kappa shape index (κ2) is 5.74. The van der Waals surface area contributed by atoms with Crippen molar-refractivity contribution >= 4 is 22.4 Å². The summed E-state index contributed by atoms with van der Waals surface area (Å²) in [6.45, 7) is -0.370. The fraction of sp³-hybridized carbons (Fsp3) is 0.556. The molecule has 1 rings (SSSR count). The largest absolute Gasteiger partial charge is 0.469 e. The van der Waals surface area contributed by atoms with Crippen LogP contribution in [0.3, 0.4) is 0 Å². The molecule has 0 spiro atoms. The number of halogens is 2. The molecule has 0 aliphatic rings. The van der Waals surface area contributed by atoms with E-state index in [0.29, 0.717) is 10.8 Å². The van der Waals surface area contributed by atoms with Crippen LogP contribution in [0.5, 0.6) is 0 Å². The Morgan fingerprint density at radius 1 is 1.69 bits per heavy atom. The van der Waals surface area contributed by atoms with E-state index in [1.807, 2.05) is 0 Å². The molecule has 4 nitrogen and oxygen atoms in total. The number of nitrogens with zero attached hydrogens (tertiary/aromatic N) is 2. The Morgan fingerprint density at radius 3 is 2.94 bits per heavy atom. The topological polar surface area (TPSA) is 42.4 Å². The number of esters is 1. The molecule has 0 saturated heterocycles. The smallest absolute Gasteiger partial charge is 0.311 e. The number of hydrogen-bond donors (Lipinski definition) is 0. The molecule has 1 aromatic heterocycles. The lowest BCUT2D eigenvalue weighted by Crippen LogP contribution is -2.23. The summed E-state index contributed by atoms with van der Waals surface area (Å²) in [5.41, 5.74) is 0.535. The van der Waals surface area contributed by atoms with Gasteiger partial charge in [-0.2, -0.15) is 0 Å². The number of methoxy groups -OCH3 is 1. The van der Waals surface area contributed by atoms with E-state index in [-0.39, 0.29) is 13.0 Å². The van der Waals surface area contributed by atoms with Crippen molar-refractivity contribution in [1.29, 1.82) is 0 Å². The molecule has 0 aliphatic carbocycles. The zero-order valence-electron chi connectivity index (χ0n) is 8.94. The van der Waals surface area contributed by atoms with Gasteiger partial charge in [0.05, 0.1) is 25.8 Å². The fourth-order valence-corrected chi connectivity index (χ4v) is 1.86. The molecule has 90 valence electrons. The van der Waals surface area contributed by atoms with Gasteiger partial charge in [0, 0.05) is 12.4 Å². The Morgan fingerprint density at radius 2 is 2.38 bits per heavy atom. The van der Waals surface area contributed by atoms with E-state index in [2.05, 4.69) is 9.72 Å². The first-order valence-electron chi connectivity index (χ1n) is 4.53. The summed E-state index contributed by atoms with van der Waals surface area (Å²) in [4.78, 5) is 16.4. The maximum Gasteiger partial charge on any atom is 0.311 e. The van der Waals surface area contributed by atoms with Crippen LogP contribution in [0.1, 0.15) is 5.69 Å². The molecule has 0 unspecified atom stereocenters. The van der Waals surface area contributed by atoms with Gasteiger partial charge in [-0.1, -0.05) is 0 Å². The van der Waals surface area contributed by atoms with Crippen LogP contribution >= 0.6 is 11.3 Å². The summed E-state index contributed by atoms with van der Waals surface area (Å²) in [7, 11) is 2.82. The van der Waals surface area contributed by atoms with Crippen LogP contribution in [-0.4, -0.2) is 38.1 Å². The van der Waals surface area contributed by atoms with Crippen molar-refractivity contribution in [2.45, 2.75) is 12.8 Å². The first kappa shape index (κ1) is 12.8. The van der Waals surface area contributed by atoms with Crippen molar-refractivity contribution in [2.75, 3.05) is 25.6 Å². The van der Waals surface area contributed by atoms with E-state index in [9.17, 15) is 13.6 Å². The number of aromatic nitrogens is 1. The Labute approximate surface area is 95.8 Å². The summed E-state index contributed by atoms with van der Waals surface area (Å²) < 4.78 is 28.7. The highest BCUT2D eigenvalue weighted by atomic mass is 32.1. The highest BCUT2D eigenvalue weighted by Crippen LogP contribution is 2.20. The van der Waals surface area contributed by atoms with Gasteiger partial charge >= 0.3 is 5.97 Å². The van der Waals surface area contributed by atoms with Crippen LogP contribution in [0.4, 0.5) is 13.9 Å². The zero-order valence-corrected chi connectivity index (χ0v) is 9.76. The number of ether oxygens (including phenoxy) is 1. The van der Waals surface area contributed by atoms with E-state index >= 15 is 0 Å². The number of anilines is 1. The van der Waals surface area contributed by atoms with Crippen molar-refractivity contribution in [3.63, 3.8) is 0 Å². The van der Waals surface area contributed by atoms with Gasteiger partial charge in [0.25, 0.3) is 6.43 Å². The standard InChI is InChI=1S/C9H12F2N2O2S/c1-13(4-7(10)11)9-12-6(5-16-9)3-8(14)15-2/h5,7H,3-4H2,1-2H3. The van der Waals surface area contributed by atoms with E-state index in [1.165, 1.54) is 30.4 Å². The SMILES string of the molecule is COC(=O)Cc1csc(N(C)CC(F)F)n1. The molecule has 0 aromatic carbocycles. The zero-order chi connectivity index (χ0) is 12.1. The van der Waals surface area contributed by atoms with Crippen LogP contribution in [0.25, 0.3) is 0 Å². The number of carbonyl (C=O) groups excluding carboxylic acids is 1. The van der Waals surface area contributed by atoms with Gasteiger partial charge in [-0.3, -0.25) is 4.79 Å². The molecule has 0 atom stereocenters. The van der Waals surface area contributed by atoms with E-state index in [4.69, 9.17) is 0 Å². The summed E-state index contributed by atoms with van der Waals surface area (Å²) in [6.07, 6.45) is -2.34. The highest BCUT2D eigenvalue weighted by Gasteiger charge is 2.13. The molecule has 7 heteroatoms. The first-order valence-corrected chi connectivity index (χ1v) is 5.41. The lowest BCUT2D eigenvalue weighted by molar-refractivity contribution is -0.139. The molecule has 1 heterocycles. The number of thiazole rings is 1. The van der Waals surface area contributed by atoms with Crippen molar-refractivity contribution in [3.05, 3.63) is 11.1 Å². The van der Waals surface area contributed by atoms with Crippen molar-refractivity contribution in [3.8, 4) is 0 Å². The minimum Gasteiger partial charge on any atom is -0.469 e. The predicted octanol–water partition coefficient (Wildman–Crippen LogP) is 1.56. The molecular weight excluding hydrogens is 238 g/mol. The molecule has 0 bridgehead atoms. The van der Waals surface area contributed by atoms with Gasteiger partial charge in [0.15, 0.2) is 5.13 Å². The third-order valence-corrected chi connectivity index (χ3v) is 2.83. The van der Waals surface area contributed by atoms with Gasteiger partial charge < -0.3 is 9.64 Å². The Kier molecular flexibility index (Phi) is 4.60. The number of hydrogen-bond acceptors (Lipinski definition) is 5. The average Bonchev–Trinajstić information content (AvgIpc) is 2.65. The highest BCUT2D eigenvalue weighted by molar-refractivity contribution is 7.13. The normalized spacial score (nSPS) is 10.6. The third-order valence-electron chi connectivity index (χ3n) is 1.83. The van der Waals surface area contributed by atoms with Crippen LogP contribution in [0.15, 0.2) is 5.38 Å². The van der Waals surface area contributed by atoms with Crippen LogP contribution in [-0.2, 0) is 16.0 Å². The molecule has 0 fully saturated rings. The van der Waals surface area contributed by atoms with Crippen molar-refractivity contribution in [1.82, 2.24) is 4.98 Å². The van der Waals surface area contributed by atoms with E-state index < -0.39 is 12.4 Å². The maximum absolute atomic E-state index is 12.1. The predicted molar refractivity (Wildman–Crippen MR) is 57.1 cm³/mol. The quantitative estimate of drug-likeness (QED) is 0.744. The summed E-state index contributed by atoms with van der Waals surface area (Å²) in [5.74, 6) is -0.395. The number of carbonyl (C=O) groups is 1.